The van der Waals surface area contributed by atoms with Crippen molar-refractivity contribution in [3.8, 4) is 0 Å². The van der Waals surface area contributed by atoms with Crippen LogP contribution < -0.4 is 4.72 Å². The minimum absolute atomic E-state index is 0.152. The van der Waals surface area contributed by atoms with E-state index in [1.54, 1.807) is 0 Å². The third-order valence-corrected chi connectivity index (χ3v) is 4.88. The van der Waals surface area contributed by atoms with Crippen molar-refractivity contribution in [2.24, 2.45) is 0 Å². The van der Waals surface area contributed by atoms with Crippen LogP contribution in [-0.2, 0) is 19.6 Å². The first-order valence-corrected chi connectivity index (χ1v) is 8.90. The Bertz CT molecular complexity index is 896. The van der Waals surface area contributed by atoms with E-state index in [0.29, 0.717) is 0 Å². The fraction of sp³-hybridized carbons (Fsp3) is 0.176. The Morgan fingerprint density at radius 3 is 2.04 bits per heavy atom. The SMILES string of the molecule is C[C@H](NS(=O)(=O)c1ccc(F)cc1)C(=O)OCC(=O)c1ccc(F)cc1. The standard InChI is InChI=1S/C17H15F2NO5S/c1-11(20-26(23,24)15-8-6-14(19)7-9-15)17(22)25-10-16(21)12-2-4-13(18)5-3-12/h2-9,11,20H,10H2,1H3/t11-/m0/s1. The Kier molecular flexibility index (Phi) is 6.17. The number of Topliss-reactive ketones (excluding diaryl/α,β-unsaturated/α-hetero) is 1. The van der Waals surface area contributed by atoms with Gasteiger partial charge in [0.1, 0.15) is 17.7 Å². The molecule has 2 rings (SSSR count). The number of nitrogens with one attached hydrogen (secondary N) is 1. The zero-order valence-electron chi connectivity index (χ0n) is 13.6. The van der Waals surface area contributed by atoms with E-state index in [9.17, 15) is 26.8 Å². The molecule has 0 heterocycles. The molecule has 0 spiro atoms. The van der Waals surface area contributed by atoms with Crippen LogP contribution in [0.4, 0.5) is 8.78 Å². The topological polar surface area (TPSA) is 89.5 Å². The van der Waals surface area contributed by atoms with Gasteiger partial charge in [-0.2, -0.15) is 4.72 Å². The summed E-state index contributed by atoms with van der Waals surface area (Å²) in [6, 6.07) is 7.44. The predicted molar refractivity (Wildman–Crippen MR) is 87.9 cm³/mol. The summed E-state index contributed by atoms with van der Waals surface area (Å²) in [7, 11) is -4.06. The quantitative estimate of drug-likeness (QED) is 0.584. The molecular weight excluding hydrogens is 368 g/mol. The number of carbonyl (C=O) groups is 2. The van der Waals surface area contributed by atoms with Crippen LogP contribution in [0.25, 0.3) is 0 Å². The van der Waals surface area contributed by atoms with Gasteiger partial charge in [0.15, 0.2) is 12.4 Å². The average molecular weight is 383 g/mol. The lowest BCUT2D eigenvalue weighted by Crippen LogP contribution is -2.40. The van der Waals surface area contributed by atoms with E-state index in [1.807, 2.05) is 0 Å². The summed E-state index contributed by atoms with van der Waals surface area (Å²) < 4.78 is 56.7. The van der Waals surface area contributed by atoms with Crippen molar-refractivity contribution in [2.75, 3.05) is 6.61 Å². The first kappa shape index (κ1) is 19.7. The Labute approximate surface area is 148 Å². The second-order valence-electron chi connectivity index (χ2n) is 5.33. The highest BCUT2D eigenvalue weighted by molar-refractivity contribution is 7.89. The molecule has 9 heteroatoms. The summed E-state index contributed by atoms with van der Waals surface area (Å²) in [6.07, 6.45) is 0. The summed E-state index contributed by atoms with van der Waals surface area (Å²) in [4.78, 5) is 23.5. The fourth-order valence-electron chi connectivity index (χ4n) is 1.94. The van der Waals surface area contributed by atoms with Gasteiger partial charge in [0.05, 0.1) is 4.90 Å². The normalized spacial score (nSPS) is 12.4. The lowest BCUT2D eigenvalue weighted by atomic mass is 10.1. The Balaban J connectivity index is 1.93. The van der Waals surface area contributed by atoms with Crippen LogP contribution in [-0.4, -0.2) is 32.8 Å². The summed E-state index contributed by atoms with van der Waals surface area (Å²) in [5, 5.41) is 0. The van der Waals surface area contributed by atoms with Crippen molar-refractivity contribution in [2.45, 2.75) is 17.9 Å². The van der Waals surface area contributed by atoms with Crippen LogP contribution in [0, 0.1) is 11.6 Å². The molecule has 0 amide bonds. The van der Waals surface area contributed by atoms with Gasteiger partial charge in [-0.15, -0.1) is 0 Å². The number of carbonyl (C=O) groups excluding carboxylic acids is 2. The number of esters is 1. The molecular formula is C17H15F2NO5S. The molecule has 138 valence electrons. The van der Waals surface area contributed by atoms with Gasteiger partial charge in [0, 0.05) is 5.56 Å². The van der Waals surface area contributed by atoms with Crippen LogP contribution in [0.1, 0.15) is 17.3 Å². The number of rotatable bonds is 7. The minimum atomic E-state index is -4.06. The van der Waals surface area contributed by atoms with Gasteiger partial charge >= 0.3 is 5.97 Å². The number of halogens is 2. The monoisotopic (exact) mass is 383 g/mol. The molecule has 2 aromatic rings. The maximum absolute atomic E-state index is 12.9. The molecule has 6 nitrogen and oxygen atoms in total. The molecule has 0 fully saturated rings. The number of hydrogen-bond acceptors (Lipinski definition) is 5. The molecule has 0 aliphatic rings. The zero-order chi connectivity index (χ0) is 19.3. The van der Waals surface area contributed by atoms with Crippen LogP contribution in [0.2, 0.25) is 0 Å². The number of hydrogen-bond donors (Lipinski definition) is 1. The lowest BCUT2D eigenvalue weighted by Gasteiger charge is -2.13. The number of ether oxygens (including phenoxy) is 1. The van der Waals surface area contributed by atoms with E-state index in [2.05, 4.69) is 4.72 Å². The summed E-state index contributed by atoms with van der Waals surface area (Å²) in [5.41, 5.74) is 0.152. The van der Waals surface area contributed by atoms with E-state index in [0.717, 1.165) is 36.4 Å². The summed E-state index contributed by atoms with van der Waals surface area (Å²) in [6.45, 7) is 0.624. The van der Waals surface area contributed by atoms with Gasteiger partial charge in [-0.3, -0.25) is 9.59 Å². The van der Waals surface area contributed by atoms with Crippen molar-refractivity contribution in [3.63, 3.8) is 0 Å². The van der Waals surface area contributed by atoms with Gasteiger partial charge in [0.2, 0.25) is 10.0 Å². The molecule has 1 atom stereocenters. The van der Waals surface area contributed by atoms with Crippen molar-refractivity contribution >= 4 is 21.8 Å². The number of sulfonamides is 1. The molecule has 0 saturated carbocycles. The highest BCUT2D eigenvalue weighted by Gasteiger charge is 2.24. The van der Waals surface area contributed by atoms with Crippen LogP contribution >= 0.6 is 0 Å². The first-order valence-electron chi connectivity index (χ1n) is 7.42. The van der Waals surface area contributed by atoms with E-state index < -0.39 is 46.1 Å². The molecule has 1 N–H and O–H groups in total. The molecule has 0 saturated heterocycles. The largest absolute Gasteiger partial charge is 0.456 e. The second kappa shape index (κ2) is 8.15. The van der Waals surface area contributed by atoms with Crippen LogP contribution in [0.3, 0.4) is 0 Å². The average Bonchev–Trinajstić information content (AvgIpc) is 2.60. The van der Waals surface area contributed by atoms with Crippen LogP contribution in [0.15, 0.2) is 53.4 Å². The highest BCUT2D eigenvalue weighted by atomic mass is 32.2. The number of ketones is 1. The second-order valence-corrected chi connectivity index (χ2v) is 7.05. The molecule has 0 radical (unpaired) electrons. The van der Waals surface area contributed by atoms with Crippen molar-refractivity contribution in [1.82, 2.24) is 4.72 Å². The number of benzene rings is 2. The molecule has 2 aromatic carbocycles. The molecule has 0 bridgehead atoms. The van der Waals surface area contributed by atoms with E-state index >= 15 is 0 Å². The maximum atomic E-state index is 12.9. The molecule has 0 aliphatic carbocycles. The molecule has 0 unspecified atom stereocenters. The third kappa shape index (κ3) is 5.17. The van der Waals surface area contributed by atoms with Gasteiger partial charge in [0.25, 0.3) is 0 Å². The Morgan fingerprint density at radius 1 is 1.00 bits per heavy atom. The van der Waals surface area contributed by atoms with Gasteiger partial charge in [-0.05, 0) is 55.5 Å². The van der Waals surface area contributed by atoms with Crippen molar-refractivity contribution in [3.05, 3.63) is 65.7 Å². The third-order valence-electron chi connectivity index (χ3n) is 3.32. The highest BCUT2D eigenvalue weighted by Crippen LogP contribution is 2.11. The molecule has 26 heavy (non-hydrogen) atoms. The summed E-state index contributed by atoms with van der Waals surface area (Å²) >= 11 is 0. The minimum Gasteiger partial charge on any atom is -0.456 e. The first-order chi connectivity index (χ1) is 12.2. The van der Waals surface area contributed by atoms with Crippen molar-refractivity contribution in [1.29, 1.82) is 0 Å². The van der Waals surface area contributed by atoms with E-state index in [-0.39, 0.29) is 10.5 Å². The summed E-state index contributed by atoms with van der Waals surface area (Å²) in [5.74, 6) is -2.64. The zero-order valence-corrected chi connectivity index (χ0v) is 14.4. The van der Waals surface area contributed by atoms with Gasteiger partial charge in [-0.1, -0.05) is 0 Å². The lowest BCUT2D eigenvalue weighted by molar-refractivity contribution is -0.144. The predicted octanol–water partition coefficient (Wildman–Crippen LogP) is 2.06. The van der Waals surface area contributed by atoms with E-state index in [4.69, 9.17) is 4.74 Å². The maximum Gasteiger partial charge on any atom is 0.324 e. The van der Waals surface area contributed by atoms with Crippen LogP contribution in [0.5, 0.6) is 0 Å². The Morgan fingerprint density at radius 2 is 1.50 bits per heavy atom. The van der Waals surface area contributed by atoms with E-state index in [1.165, 1.54) is 19.1 Å². The van der Waals surface area contributed by atoms with Gasteiger partial charge < -0.3 is 4.74 Å². The Hall–Kier alpha value is -2.65. The van der Waals surface area contributed by atoms with Crippen molar-refractivity contribution < 1.29 is 31.5 Å². The molecule has 0 aliphatic heterocycles. The van der Waals surface area contributed by atoms with Gasteiger partial charge in [-0.25, -0.2) is 17.2 Å². The smallest absolute Gasteiger partial charge is 0.324 e. The molecule has 0 aromatic heterocycles. The fourth-order valence-corrected chi connectivity index (χ4v) is 3.14.